The van der Waals surface area contributed by atoms with Crippen molar-refractivity contribution in [2.45, 2.75) is 12.3 Å². The summed E-state index contributed by atoms with van der Waals surface area (Å²) in [6.45, 7) is 0.848. The van der Waals surface area contributed by atoms with E-state index in [2.05, 4.69) is 32.7 Å². The van der Waals surface area contributed by atoms with Gasteiger partial charge < -0.3 is 10.4 Å². The first-order chi connectivity index (χ1) is 12.8. The summed E-state index contributed by atoms with van der Waals surface area (Å²) in [5.74, 6) is 1.71. The summed E-state index contributed by atoms with van der Waals surface area (Å²) in [6, 6.07) is 16.0. The molecule has 26 heavy (non-hydrogen) atoms. The molecule has 0 bridgehead atoms. The topological polar surface area (TPSA) is 75.3 Å². The van der Waals surface area contributed by atoms with Crippen LogP contribution in [0.4, 0.5) is 5.82 Å². The van der Waals surface area contributed by atoms with Crippen molar-refractivity contribution in [1.82, 2.24) is 19.8 Å². The fourth-order valence-corrected chi connectivity index (χ4v) is 3.58. The average Bonchev–Trinajstić information content (AvgIpc) is 3.34. The lowest BCUT2D eigenvalue weighted by molar-refractivity contribution is 0.277. The zero-order valence-electron chi connectivity index (χ0n) is 14.1. The lowest BCUT2D eigenvalue weighted by Gasteiger charge is -2.17. The second-order valence-corrected chi connectivity index (χ2v) is 6.81. The van der Waals surface area contributed by atoms with Gasteiger partial charge in [-0.25, -0.2) is 0 Å². The van der Waals surface area contributed by atoms with Crippen molar-refractivity contribution in [1.29, 1.82) is 0 Å². The number of hydrogen-bond acceptors (Lipinski definition) is 6. The minimum Gasteiger partial charge on any atom is -0.396 e. The van der Waals surface area contributed by atoms with Crippen LogP contribution in [-0.2, 0) is 0 Å². The third-order valence-corrected chi connectivity index (χ3v) is 5.00. The quantitative estimate of drug-likeness (QED) is 0.525. The zero-order chi connectivity index (χ0) is 17.8. The Morgan fingerprint density at radius 1 is 1.08 bits per heavy atom. The van der Waals surface area contributed by atoms with Crippen molar-refractivity contribution in [2.24, 2.45) is 0 Å². The molecule has 1 atom stereocenters. The molecule has 1 unspecified atom stereocenters. The normalized spacial score (nSPS) is 12.3. The molecule has 0 spiro atoms. The predicted octanol–water partition coefficient (Wildman–Crippen LogP) is 3.43. The second-order valence-electron chi connectivity index (χ2n) is 6.02. The molecule has 0 fully saturated rings. The molecule has 4 rings (SSSR count). The number of aliphatic hydroxyl groups excluding tert-OH is 1. The van der Waals surface area contributed by atoms with Gasteiger partial charge in [-0.15, -0.1) is 15.3 Å². The van der Waals surface area contributed by atoms with Crippen LogP contribution >= 0.6 is 11.3 Å². The Hall–Kier alpha value is -2.77. The van der Waals surface area contributed by atoms with E-state index < -0.39 is 0 Å². The highest BCUT2D eigenvalue weighted by molar-refractivity contribution is 7.08. The highest BCUT2D eigenvalue weighted by Gasteiger charge is 2.13. The average molecular weight is 365 g/mol. The smallest absolute Gasteiger partial charge is 0.186 e. The summed E-state index contributed by atoms with van der Waals surface area (Å²) < 4.78 is 1.76. The summed E-state index contributed by atoms with van der Waals surface area (Å²) in [5.41, 5.74) is 2.93. The van der Waals surface area contributed by atoms with Crippen LogP contribution in [0.15, 0.2) is 59.3 Å². The van der Waals surface area contributed by atoms with Gasteiger partial charge in [0.2, 0.25) is 0 Å². The predicted molar refractivity (Wildman–Crippen MR) is 103 cm³/mol. The molecule has 0 aliphatic rings. The van der Waals surface area contributed by atoms with Crippen molar-refractivity contribution >= 4 is 22.8 Å². The first-order valence-corrected chi connectivity index (χ1v) is 9.44. The van der Waals surface area contributed by atoms with Crippen molar-refractivity contribution in [3.05, 3.63) is 64.9 Å². The number of nitrogens with zero attached hydrogens (tertiary/aromatic N) is 4. The van der Waals surface area contributed by atoms with Crippen LogP contribution in [0.1, 0.15) is 17.9 Å². The molecule has 0 aliphatic heterocycles. The molecule has 0 amide bonds. The molecular formula is C19H19N5OS. The first-order valence-electron chi connectivity index (χ1n) is 8.50. The maximum absolute atomic E-state index is 9.39. The van der Waals surface area contributed by atoms with Gasteiger partial charge in [0.05, 0.1) is 0 Å². The van der Waals surface area contributed by atoms with Crippen LogP contribution in [0.25, 0.3) is 17.0 Å². The fourth-order valence-electron chi connectivity index (χ4n) is 2.95. The molecule has 132 valence electrons. The van der Waals surface area contributed by atoms with Crippen LogP contribution in [0, 0.1) is 0 Å². The van der Waals surface area contributed by atoms with Gasteiger partial charge in [0, 0.05) is 30.0 Å². The molecule has 0 radical (unpaired) electrons. The van der Waals surface area contributed by atoms with E-state index in [0.717, 1.165) is 17.2 Å². The van der Waals surface area contributed by atoms with Crippen LogP contribution in [0.5, 0.6) is 0 Å². The van der Waals surface area contributed by atoms with E-state index in [9.17, 15) is 5.11 Å². The van der Waals surface area contributed by atoms with Gasteiger partial charge in [-0.1, -0.05) is 30.3 Å². The maximum atomic E-state index is 9.39. The molecule has 4 aromatic rings. The van der Waals surface area contributed by atoms with Crippen molar-refractivity contribution < 1.29 is 5.11 Å². The van der Waals surface area contributed by atoms with Crippen molar-refractivity contribution in [3.63, 3.8) is 0 Å². The van der Waals surface area contributed by atoms with E-state index >= 15 is 0 Å². The Balaban J connectivity index is 1.56. The summed E-state index contributed by atoms with van der Waals surface area (Å²) in [7, 11) is 0. The monoisotopic (exact) mass is 365 g/mol. The van der Waals surface area contributed by atoms with E-state index in [-0.39, 0.29) is 12.5 Å². The highest BCUT2D eigenvalue weighted by Crippen LogP contribution is 2.22. The SMILES string of the molecule is OCCC(CNc1ccc2nnc(-c3ccsc3)n2n1)c1ccccc1. The molecular weight excluding hydrogens is 346 g/mol. The number of anilines is 1. The summed E-state index contributed by atoms with van der Waals surface area (Å²) in [4.78, 5) is 0. The molecule has 3 heterocycles. The highest BCUT2D eigenvalue weighted by atomic mass is 32.1. The molecule has 0 aliphatic carbocycles. The number of rotatable bonds is 7. The van der Waals surface area contributed by atoms with Crippen LogP contribution in [0.3, 0.4) is 0 Å². The van der Waals surface area contributed by atoms with E-state index in [4.69, 9.17) is 0 Å². The van der Waals surface area contributed by atoms with Gasteiger partial charge in [-0.05, 0) is 35.6 Å². The van der Waals surface area contributed by atoms with E-state index in [1.54, 1.807) is 15.9 Å². The lowest BCUT2D eigenvalue weighted by atomic mass is 9.96. The van der Waals surface area contributed by atoms with E-state index in [0.29, 0.717) is 18.6 Å². The standard InChI is InChI=1S/C19H19N5OS/c25-10-8-15(14-4-2-1-3-5-14)12-20-17-6-7-18-21-22-19(24(18)23-17)16-9-11-26-13-16/h1-7,9,11,13,15,25H,8,10,12H2,(H,20,23). The number of aliphatic hydroxyl groups is 1. The molecule has 2 N–H and O–H groups in total. The Morgan fingerprint density at radius 2 is 1.96 bits per heavy atom. The molecule has 3 aromatic heterocycles. The number of benzene rings is 1. The number of fused-ring (bicyclic) bond motifs is 1. The number of thiophene rings is 1. The van der Waals surface area contributed by atoms with Crippen LogP contribution in [0.2, 0.25) is 0 Å². The summed E-state index contributed by atoms with van der Waals surface area (Å²) in [6.07, 6.45) is 0.700. The number of nitrogens with one attached hydrogen (secondary N) is 1. The third kappa shape index (κ3) is 3.44. The Morgan fingerprint density at radius 3 is 2.73 bits per heavy atom. The Kier molecular flexibility index (Phi) is 4.90. The fraction of sp³-hybridized carbons (Fsp3) is 0.211. The van der Waals surface area contributed by atoms with E-state index in [1.807, 2.05) is 47.2 Å². The van der Waals surface area contributed by atoms with E-state index in [1.165, 1.54) is 5.56 Å². The molecule has 6 nitrogen and oxygen atoms in total. The van der Waals surface area contributed by atoms with Gasteiger partial charge in [0.25, 0.3) is 0 Å². The third-order valence-electron chi connectivity index (χ3n) is 4.32. The number of aromatic nitrogens is 4. The Bertz CT molecular complexity index is 968. The molecule has 0 saturated carbocycles. The van der Waals surface area contributed by atoms with Gasteiger partial charge in [0.15, 0.2) is 11.5 Å². The van der Waals surface area contributed by atoms with Gasteiger partial charge in [0.1, 0.15) is 5.82 Å². The van der Waals surface area contributed by atoms with Crippen molar-refractivity contribution in [2.75, 3.05) is 18.5 Å². The van der Waals surface area contributed by atoms with Crippen LogP contribution < -0.4 is 5.32 Å². The zero-order valence-corrected chi connectivity index (χ0v) is 14.9. The summed E-state index contributed by atoms with van der Waals surface area (Å²) in [5, 5.41) is 29.9. The lowest BCUT2D eigenvalue weighted by Crippen LogP contribution is -2.15. The maximum Gasteiger partial charge on any atom is 0.186 e. The summed E-state index contributed by atoms with van der Waals surface area (Å²) >= 11 is 1.62. The van der Waals surface area contributed by atoms with Gasteiger partial charge in [-0.2, -0.15) is 15.9 Å². The minimum absolute atomic E-state index is 0.154. The molecule has 7 heteroatoms. The van der Waals surface area contributed by atoms with Gasteiger partial charge in [-0.3, -0.25) is 0 Å². The van der Waals surface area contributed by atoms with Crippen molar-refractivity contribution in [3.8, 4) is 11.4 Å². The Labute approximate surface area is 155 Å². The van der Waals surface area contributed by atoms with Gasteiger partial charge >= 0.3 is 0 Å². The second kappa shape index (κ2) is 7.63. The number of hydrogen-bond donors (Lipinski definition) is 2. The minimum atomic E-state index is 0.154. The molecule has 0 saturated heterocycles. The van der Waals surface area contributed by atoms with Crippen LogP contribution in [-0.4, -0.2) is 38.1 Å². The molecule has 1 aromatic carbocycles. The largest absolute Gasteiger partial charge is 0.396 e. The first kappa shape index (κ1) is 16.7.